The standard InChI is InChI=1S/C26H24N2/c1-27(2)23-15-12-18-10-14-21-25-19(11-13-20(23)24(18)25)16-22(26(21)28(3)4)17-8-6-5-7-9-17/h5-16H,1-4H3. The molecule has 2 heteroatoms. The van der Waals surface area contributed by atoms with Crippen molar-refractivity contribution in [2.75, 3.05) is 38.0 Å². The van der Waals surface area contributed by atoms with Crippen LogP contribution in [0.1, 0.15) is 0 Å². The molecular weight excluding hydrogens is 340 g/mol. The Labute approximate surface area is 165 Å². The first-order chi connectivity index (χ1) is 13.6. The third kappa shape index (κ3) is 2.34. The Bertz CT molecular complexity index is 1300. The Balaban J connectivity index is 1.99. The molecule has 0 aliphatic carbocycles. The highest BCUT2D eigenvalue weighted by Gasteiger charge is 2.18. The predicted molar refractivity (Wildman–Crippen MR) is 124 cm³/mol. The molecule has 0 spiro atoms. The average molecular weight is 364 g/mol. The van der Waals surface area contributed by atoms with Crippen molar-refractivity contribution >= 4 is 43.7 Å². The summed E-state index contributed by atoms with van der Waals surface area (Å²) in [5.74, 6) is 0. The maximum absolute atomic E-state index is 2.36. The predicted octanol–water partition coefficient (Wildman–Crippen LogP) is 6.38. The van der Waals surface area contributed by atoms with Crippen molar-refractivity contribution in [1.29, 1.82) is 0 Å². The van der Waals surface area contributed by atoms with Crippen molar-refractivity contribution in [3.63, 3.8) is 0 Å². The highest BCUT2D eigenvalue weighted by Crippen LogP contribution is 2.45. The van der Waals surface area contributed by atoms with Crippen LogP contribution in [-0.2, 0) is 0 Å². The van der Waals surface area contributed by atoms with E-state index in [2.05, 4.69) is 111 Å². The lowest BCUT2D eigenvalue weighted by Gasteiger charge is -2.24. The van der Waals surface area contributed by atoms with Gasteiger partial charge in [-0.2, -0.15) is 0 Å². The monoisotopic (exact) mass is 364 g/mol. The van der Waals surface area contributed by atoms with Crippen LogP contribution in [0, 0.1) is 0 Å². The minimum Gasteiger partial charge on any atom is -0.377 e. The van der Waals surface area contributed by atoms with Crippen LogP contribution in [0.4, 0.5) is 11.4 Å². The first kappa shape index (κ1) is 16.9. The van der Waals surface area contributed by atoms with Gasteiger partial charge in [-0.1, -0.05) is 60.7 Å². The fourth-order valence-corrected chi connectivity index (χ4v) is 4.56. The Morgan fingerprint density at radius 1 is 0.571 bits per heavy atom. The lowest BCUT2D eigenvalue weighted by Crippen LogP contribution is -2.11. The normalized spacial score (nSPS) is 11.6. The van der Waals surface area contributed by atoms with Crippen molar-refractivity contribution in [3.8, 4) is 11.1 Å². The second kappa shape index (κ2) is 6.13. The SMILES string of the molecule is CN(C)c1ccc2ccc3c(N(C)C)c(-c4ccccc4)cc4ccc1c2c43. The summed E-state index contributed by atoms with van der Waals surface area (Å²) in [5.41, 5.74) is 5.08. The Morgan fingerprint density at radius 2 is 1.21 bits per heavy atom. The van der Waals surface area contributed by atoms with Gasteiger partial charge in [0.1, 0.15) is 0 Å². The van der Waals surface area contributed by atoms with Gasteiger partial charge in [0.25, 0.3) is 0 Å². The lowest BCUT2D eigenvalue weighted by molar-refractivity contribution is 1.14. The number of hydrogen-bond acceptors (Lipinski definition) is 2. The first-order valence-corrected chi connectivity index (χ1v) is 9.71. The van der Waals surface area contributed by atoms with Crippen molar-refractivity contribution < 1.29 is 0 Å². The molecule has 2 nitrogen and oxygen atoms in total. The van der Waals surface area contributed by atoms with Gasteiger partial charge in [-0.25, -0.2) is 0 Å². The second-order valence-corrected chi connectivity index (χ2v) is 7.93. The van der Waals surface area contributed by atoms with Gasteiger partial charge >= 0.3 is 0 Å². The van der Waals surface area contributed by atoms with Gasteiger partial charge in [0.2, 0.25) is 0 Å². The second-order valence-electron chi connectivity index (χ2n) is 7.93. The van der Waals surface area contributed by atoms with Crippen LogP contribution in [0.5, 0.6) is 0 Å². The maximum atomic E-state index is 2.36. The molecule has 0 aliphatic rings. The molecule has 0 saturated carbocycles. The number of hydrogen-bond donors (Lipinski definition) is 0. The van der Waals surface area contributed by atoms with Crippen molar-refractivity contribution in [1.82, 2.24) is 0 Å². The molecule has 5 aromatic rings. The number of rotatable bonds is 3. The third-order valence-corrected chi connectivity index (χ3v) is 5.75. The fourth-order valence-electron chi connectivity index (χ4n) is 4.56. The van der Waals surface area contributed by atoms with Crippen LogP contribution in [0.25, 0.3) is 43.4 Å². The summed E-state index contributed by atoms with van der Waals surface area (Å²) in [5, 5.41) is 7.96. The van der Waals surface area contributed by atoms with Gasteiger partial charge in [0, 0.05) is 50.2 Å². The van der Waals surface area contributed by atoms with Gasteiger partial charge in [0.05, 0.1) is 5.69 Å². The number of anilines is 2. The summed E-state index contributed by atoms with van der Waals surface area (Å²) in [4.78, 5) is 4.45. The molecule has 5 rings (SSSR count). The molecule has 0 unspecified atom stereocenters. The number of nitrogens with zero attached hydrogens (tertiary/aromatic N) is 2. The highest BCUT2D eigenvalue weighted by molar-refractivity contribution is 6.28. The summed E-state index contributed by atoms with van der Waals surface area (Å²) in [6.07, 6.45) is 0. The zero-order chi connectivity index (χ0) is 19.4. The Hall–Kier alpha value is -3.26. The van der Waals surface area contributed by atoms with E-state index in [-0.39, 0.29) is 0 Å². The van der Waals surface area contributed by atoms with E-state index >= 15 is 0 Å². The smallest absolute Gasteiger partial charge is 0.0521 e. The van der Waals surface area contributed by atoms with E-state index in [0.717, 1.165) is 0 Å². The summed E-state index contributed by atoms with van der Waals surface area (Å²) >= 11 is 0. The molecule has 0 fully saturated rings. The summed E-state index contributed by atoms with van der Waals surface area (Å²) < 4.78 is 0. The maximum Gasteiger partial charge on any atom is 0.0521 e. The summed E-state index contributed by atoms with van der Waals surface area (Å²) in [7, 11) is 8.52. The Kier molecular flexibility index (Phi) is 3.70. The van der Waals surface area contributed by atoms with Crippen molar-refractivity contribution in [2.24, 2.45) is 0 Å². The van der Waals surface area contributed by atoms with Crippen LogP contribution in [0.3, 0.4) is 0 Å². The minimum absolute atomic E-state index is 1.26. The molecule has 0 aliphatic heterocycles. The first-order valence-electron chi connectivity index (χ1n) is 9.71. The summed E-state index contributed by atoms with van der Waals surface area (Å²) in [6.45, 7) is 0. The molecular formula is C26H24N2. The van der Waals surface area contributed by atoms with E-state index in [9.17, 15) is 0 Å². The van der Waals surface area contributed by atoms with Gasteiger partial charge in [-0.3, -0.25) is 0 Å². The van der Waals surface area contributed by atoms with E-state index < -0.39 is 0 Å². The van der Waals surface area contributed by atoms with E-state index in [1.165, 1.54) is 54.8 Å². The van der Waals surface area contributed by atoms with Gasteiger partial charge in [-0.15, -0.1) is 0 Å². The quantitative estimate of drug-likeness (QED) is 0.343. The van der Waals surface area contributed by atoms with Crippen LogP contribution in [0.2, 0.25) is 0 Å². The van der Waals surface area contributed by atoms with Crippen LogP contribution >= 0.6 is 0 Å². The minimum atomic E-state index is 1.26. The fraction of sp³-hybridized carbons (Fsp3) is 0.154. The molecule has 0 heterocycles. The lowest BCUT2D eigenvalue weighted by atomic mass is 9.89. The molecule has 0 amide bonds. The average Bonchev–Trinajstić information content (AvgIpc) is 2.71. The zero-order valence-corrected chi connectivity index (χ0v) is 16.8. The largest absolute Gasteiger partial charge is 0.377 e. The molecule has 0 bridgehead atoms. The zero-order valence-electron chi connectivity index (χ0n) is 16.8. The summed E-state index contributed by atoms with van der Waals surface area (Å²) in [6, 6.07) is 26.7. The van der Waals surface area contributed by atoms with Gasteiger partial charge < -0.3 is 9.80 Å². The molecule has 0 atom stereocenters. The molecule has 0 radical (unpaired) electrons. The molecule has 5 aromatic carbocycles. The molecule has 0 aromatic heterocycles. The van der Waals surface area contributed by atoms with Crippen molar-refractivity contribution in [3.05, 3.63) is 72.8 Å². The molecule has 0 N–H and O–H groups in total. The van der Waals surface area contributed by atoms with Crippen LogP contribution < -0.4 is 9.80 Å². The van der Waals surface area contributed by atoms with Gasteiger partial charge in [-0.05, 0) is 39.2 Å². The topological polar surface area (TPSA) is 6.48 Å². The van der Waals surface area contributed by atoms with Gasteiger partial charge in [0.15, 0.2) is 0 Å². The van der Waals surface area contributed by atoms with E-state index in [1.54, 1.807) is 0 Å². The molecule has 28 heavy (non-hydrogen) atoms. The van der Waals surface area contributed by atoms with Crippen LogP contribution in [0.15, 0.2) is 72.8 Å². The Morgan fingerprint density at radius 3 is 1.93 bits per heavy atom. The third-order valence-electron chi connectivity index (χ3n) is 5.75. The highest BCUT2D eigenvalue weighted by atomic mass is 15.1. The van der Waals surface area contributed by atoms with E-state index in [1.807, 2.05) is 0 Å². The van der Waals surface area contributed by atoms with E-state index in [4.69, 9.17) is 0 Å². The molecule has 138 valence electrons. The van der Waals surface area contributed by atoms with Crippen molar-refractivity contribution in [2.45, 2.75) is 0 Å². The molecule has 0 saturated heterocycles. The number of benzene rings is 5. The van der Waals surface area contributed by atoms with E-state index in [0.29, 0.717) is 0 Å². The van der Waals surface area contributed by atoms with Crippen LogP contribution in [-0.4, -0.2) is 28.2 Å².